The first kappa shape index (κ1) is 20.1. The smallest absolute Gasteiger partial charge is 0.343 e. The van der Waals surface area contributed by atoms with E-state index in [1.54, 1.807) is 41.8 Å². The highest BCUT2D eigenvalue weighted by Crippen LogP contribution is 2.41. The number of nitriles is 1. The summed E-state index contributed by atoms with van der Waals surface area (Å²) in [5.41, 5.74) is -0.106. The van der Waals surface area contributed by atoms with E-state index in [-0.39, 0.29) is 39.7 Å². The Hall–Kier alpha value is -3.17. The topological polar surface area (TPSA) is 72.1 Å². The Kier molecular flexibility index (Phi) is 5.31. The van der Waals surface area contributed by atoms with Crippen LogP contribution in [-0.2, 0) is 4.74 Å². The van der Waals surface area contributed by atoms with Gasteiger partial charge in [0, 0.05) is 22.8 Å². The number of ether oxygens (including phenoxy) is 1. The van der Waals surface area contributed by atoms with Crippen molar-refractivity contribution in [1.29, 1.82) is 5.26 Å². The predicted molar refractivity (Wildman–Crippen MR) is 111 cm³/mol. The van der Waals surface area contributed by atoms with Gasteiger partial charge in [0.15, 0.2) is 5.82 Å². The Balaban J connectivity index is 2.02. The summed E-state index contributed by atoms with van der Waals surface area (Å²) in [4.78, 5) is 25.2. The zero-order valence-electron chi connectivity index (χ0n) is 16.2. The fourth-order valence-corrected chi connectivity index (χ4v) is 3.97. The van der Waals surface area contributed by atoms with E-state index in [1.807, 2.05) is 0 Å². The molecule has 1 unspecified atom stereocenters. The molecule has 0 amide bonds. The monoisotopic (exact) mass is 424 g/mol. The molecule has 1 aliphatic carbocycles. The Labute approximate surface area is 177 Å². The van der Waals surface area contributed by atoms with Crippen LogP contribution in [0, 0.1) is 17.1 Å². The van der Waals surface area contributed by atoms with Crippen LogP contribution in [0.4, 0.5) is 4.39 Å². The third-order valence-corrected chi connectivity index (χ3v) is 5.54. The van der Waals surface area contributed by atoms with Gasteiger partial charge in [-0.25, -0.2) is 9.18 Å². The maximum atomic E-state index is 15.9. The minimum absolute atomic E-state index is 0.00320. The lowest BCUT2D eigenvalue weighted by Gasteiger charge is -2.18. The van der Waals surface area contributed by atoms with Gasteiger partial charge < -0.3 is 9.30 Å². The van der Waals surface area contributed by atoms with Crippen LogP contribution in [0.5, 0.6) is 0 Å². The van der Waals surface area contributed by atoms with E-state index >= 15 is 4.39 Å². The number of hydrogen-bond donors (Lipinski definition) is 0. The molecule has 7 heteroatoms. The van der Waals surface area contributed by atoms with Crippen LogP contribution >= 0.6 is 11.6 Å². The molecule has 0 spiro atoms. The van der Waals surface area contributed by atoms with E-state index in [4.69, 9.17) is 16.3 Å². The lowest BCUT2D eigenvalue weighted by molar-refractivity contribution is 0.0524. The van der Waals surface area contributed by atoms with Crippen LogP contribution in [0.25, 0.3) is 10.9 Å². The number of aromatic nitrogens is 1. The van der Waals surface area contributed by atoms with Gasteiger partial charge >= 0.3 is 5.97 Å². The van der Waals surface area contributed by atoms with Crippen molar-refractivity contribution in [3.63, 3.8) is 0 Å². The second kappa shape index (κ2) is 7.92. The molecule has 0 saturated heterocycles. The third-order valence-electron chi connectivity index (χ3n) is 5.23. The number of carbonyl (C=O) groups is 1. The van der Waals surface area contributed by atoms with Gasteiger partial charge in [-0.3, -0.25) is 4.79 Å². The van der Waals surface area contributed by atoms with Crippen molar-refractivity contribution in [3.8, 4) is 6.07 Å². The van der Waals surface area contributed by atoms with E-state index in [1.165, 1.54) is 12.3 Å². The van der Waals surface area contributed by atoms with Gasteiger partial charge in [0.2, 0.25) is 5.43 Å². The number of benzene rings is 2. The van der Waals surface area contributed by atoms with Crippen molar-refractivity contribution in [3.05, 3.63) is 80.3 Å². The molecule has 3 aromatic rings. The van der Waals surface area contributed by atoms with Gasteiger partial charge in [-0.1, -0.05) is 41.9 Å². The summed E-state index contributed by atoms with van der Waals surface area (Å²) in [6.45, 7) is 1.77. The molecule has 0 radical (unpaired) electrons. The van der Waals surface area contributed by atoms with Crippen molar-refractivity contribution in [2.45, 2.75) is 31.7 Å². The molecule has 1 saturated carbocycles. The van der Waals surface area contributed by atoms with Gasteiger partial charge in [0.1, 0.15) is 11.5 Å². The Morgan fingerprint density at radius 1 is 1.37 bits per heavy atom. The summed E-state index contributed by atoms with van der Waals surface area (Å²) in [5.74, 6) is -2.40. The fraction of sp³-hybridized carbons (Fsp3) is 0.261. The first-order valence-corrected chi connectivity index (χ1v) is 10.0. The molecule has 0 bridgehead atoms. The largest absolute Gasteiger partial charge is 0.462 e. The summed E-state index contributed by atoms with van der Waals surface area (Å²) >= 11 is 6.39. The molecule has 5 nitrogen and oxygen atoms in total. The first-order chi connectivity index (χ1) is 14.5. The van der Waals surface area contributed by atoms with Gasteiger partial charge in [-0.15, -0.1) is 0 Å². The van der Waals surface area contributed by atoms with Crippen molar-refractivity contribution in [2.24, 2.45) is 0 Å². The van der Waals surface area contributed by atoms with E-state index in [0.717, 1.165) is 12.8 Å². The second-order valence-corrected chi connectivity index (χ2v) is 7.59. The van der Waals surface area contributed by atoms with Crippen LogP contribution in [0.1, 0.15) is 53.2 Å². The van der Waals surface area contributed by atoms with E-state index in [0.29, 0.717) is 5.56 Å². The highest BCUT2D eigenvalue weighted by molar-refractivity contribution is 6.32. The van der Waals surface area contributed by atoms with Crippen molar-refractivity contribution < 1.29 is 13.9 Å². The standard InChI is InChI=1S/C23H18ClFN2O3/c1-2-30-23(29)17-12-27(14-8-9-14)21-15(22(17)28)10-18(24)19(20(21)25)16(11-26)13-6-4-3-5-7-13/h3-7,10,12,14,16H,2,8-9H2,1H3. The molecule has 152 valence electrons. The molecular weight excluding hydrogens is 407 g/mol. The van der Waals surface area contributed by atoms with Gasteiger partial charge in [-0.2, -0.15) is 5.26 Å². The maximum Gasteiger partial charge on any atom is 0.343 e. The molecular formula is C23H18ClFN2O3. The van der Waals surface area contributed by atoms with Crippen molar-refractivity contribution in [2.75, 3.05) is 6.61 Å². The van der Waals surface area contributed by atoms with Crippen molar-refractivity contribution in [1.82, 2.24) is 4.57 Å². The minimum Gasteiger partial charge on any atom is -0.462 e. The Bertz CT molecular complexity index is 1240. The molecule has 2 aromatic carbocycles. The number of hydrogen-bond acceptors (Lipinski definition) is 4. The molecule has 30 heavy (non-hydrogen) atoms. The van der Waals surface area contributed by atoms with Gasteiger partial charge in [0.05, 0.1) is 23.6 Å². The van der Waals surface area contributed by atoms with E-state index in [9.17, 15) is 14.9 Å². The normalized spacial score (nSPS) is 14.3. The summed E-state index contributed by atoms with van der Waals surface area (Å²) < 4.78 is 22.4. The van der Waals surface area contributed by atoms with Crippen LogP contribution in [0.15, 0.2) is 47.4 Å². The average Bonchev–Trinajstić information content (AvgIpc) is 3.58. The molecule has 1 atom stereocenters. The fourth-order valence-electron chi connectivity index (χ4n) is 3.67. The number of carbonyl (C=O) groups excluding carboxylic acids is 1. The zero-order valence-corrected chi connectivity index (χ0v) is 16.9. The minimum atomic E-state index is -0.935. The van der Waals surface area contributed by atoms with Gasteiger partial charge in [-0.05, 0) is 31.4 Å². The third kappa shape index (κ3) is 3.35. The molecule has 0 aliphatic heterocycles. The molecule has 1 aliphatic rings. The number of nitrogens with zero attached hydrogens (tertiary/aromatic N) is 2. The van der Waals surface area contributed by atoms with E-state index in [2.05, 4.69) is 6.07 Å². The molecule has 1 aromatic heterocycles. The SMILES string of the molecule is CCOC(=O)c1cn(C2CC2)c2c(F)c(C(C#N)c3ccccc3)c(Cl)cc2c1=O. The number of esters is 1. The molecule has 1 fully saturated rings. The maximum absolute atomic E-state index is 15.9. The number of fused-ring (bicyclic) bond motifs is 1. The Morgan fingerprint density at radius 2 is 2.07 bits per heavy atom. The second-order valence-electron chi connectivity index (χ2n) is 7.19. The van der Waals surface area contributed by atoms with Crippen LogP contribution < -0.4 is 5.43 Å². The number of rotatable bonds is 5. The summed E-state index contributed by atoms with van der Waals surface area (Å²) in [5, 5.41) is 9.74. The molecule has 0 N–H and O–H groups in total. The zero-order chi connectivity index (χ0) is 21.4. The summed E-state index contributed by atoms with van der Waals surface area (Å²) in [6, 6.07) is 12.2. The van der Waals surface area contributed by atoms with Crippen molar-refractivity contribution >= 4 is 28.5 Å². The lowest BCUT2D eigenvalue weighted by atomic mass is 9.91. The van der Waals surface area contributed by atoms with E-state index < -0.39 is 23.1 Å². The van der Waals surface area contributed by atoms with Crippen LogP contribution in [0.2, 0.25) is 5.02 Å². The molecule has 1 heterocycles. The lowest BCUT2D eigenvalue weighted by Crippen LogP contribution is -2.22. The first-order valence-electron chi connectivity index (χ1n) is 9.66. The number of halogens is 2. The van der Waals surface area contributed by atoms with Crippen LogP contribution in [0.3, 0.4) is 0 Å². The highest BCUT2D eigenvalue weighted by Gasteiger charge is 2.31. The quantitative estimate of drug-likeness (QED) is 0.542. The Morgan fingerprint density at radius 3 is 2.67 bits per heavy atom. The van der Waals surface area contributed by atoms with Gasteiger partial charge in [0.25, 0.3) is 0 Å². The highest BCUT2D eigenvalue weighted by atomic mass is 35.5. The average molecular weight is 425 g/mol. The predicted octanol–water partition coefficient (Wildman–Crippen LogP) is 4.96. The molecule has 4 rings (SSSR count). The summed E-state index contributed by atoms with van der Waals surface area (Å²) in [7, 11) is 0. The van der Waals surface area contributed by atoms with Crippen LogP contribution in [-0.4, -0.2) is 17.1 Å². The number of pyridine rings is 1. The summed E-state index contributed by atoms with van der Waals surface area (Å²) in [6.07, 6.45) is 2.97.